The minimum absolute atomic E-state index is 0.146. The molecule has 0 aliphatic rings. The van der Waals surface area contributed by atoms with E-state index in [0.29, 0.717) is 23.6 Å². The Morgan fingerprint density at radius 3 is 2.62 bits per heavy atom. The quantitative estimate of drug-likeness (QED) is 0.765. The average molecular weight is 377 g/mol. The molecule has 0 heterocycles. The van der Waals surface area contributed by atoms with Gasteiger partial charge in [-0.3, -0.25) is 9.59 Å². The minimum atomic E-state index is -0.357. The molecule has 2 aromatic rings. The smallest absolute Gasteiger partial charge is 0.221 e. The van der Waals surface area contributed by atoms with Crippen molar-refractivity contribution in [3.05, 3.63) is 70.5 Å². The zero-order valence-corrected chi connectivity index (χ0v) is 15.4. The first kappa shape index (κ1) is 19.9. The zero-order chi connectivity index (χ0) is 18.9. The summed E-state index contributed by atoms with van der Waals surface area (Å²) in [7, 11) is 0. The second kappa shape index (κ2) is 9.92. The fourth-order valence-electron chi connectivity index (χ4n) is 2.54. The molecule has 6 heteroatoms. The van der Waals surface area contributed by atoms with Crippen molar-refractivity contribution in [2.75, 3.05) is 13.1 Å². The molecule has 0 fully saturated rings. The van der Waals surface area contributed by atoms with Gasteiger partial charge in [0.25, 0.3) is 0 Å². The highest BCUT2D eigenvalue weighted by molar-refractivity contribution is 6.30. The lowest BCUT2D eigenvalue weighted by molar-refractivity contribution is -0.130. The Morgan fingerprint density at radius 2 is 1.92 bits per heavy atom. The van der Waals surface area contributed by atoms with Crippen molar-refractivity contribution < 1.29 is 14.0 Å². The van der Waals surface area contributed by atoms with Crippen molar-refractivity contribution in [3.63, 3.8) is 0 Å². The fraction of sp³-hybridized carbons (Fsp3) is 0.300. The Bertz CT molecular complexity index is 767. The molecule has 0 aliphatic heterocycles. The summed E-state index contributed by atoms with van der Waals surface area (Å²) in [4.78, 5) is 25.2. The molecule has 2 amide bonds. The van der Waals surface area contributed by atoms with Crippen LogP contribution in [-0.2, 0) is 22.6 Å². The van der Waals surface area contributed by atoms with Crippen LogP contribution < -0.4 is 5.32 Å². The Morgan fingerprint density at radius 1 is 1.15 bits per heavy atom. The van der Waals surface area contributed by atoms with Crippen LogP contribution in [0.2, 0.25) is 5.02 Å². The maximum absolute atomic E-state index is 13.7. The van der Waals surface area contributed by atoms with Crippen LogP contribution in [0.25, 0.3) is 0 Å². The van der Waals surface area contributed by atoms with Gasteiger partial charge in [0, 0.05) is 43.6 Å². The van der Waals surface area contributed by atoms with Gasteiger partial charge in [-0.25, -0.2) is 4.39 Å². The van der Waals surface area contributed by atoms with Gasteiger partial charge in [-0.1, -0.05) is 41.9 Å². The Labute approximate surface area is 158 Å². The lowest BCUT2D eigenvalue weighted by atomic mass is 10.1. The van der Waals surface area contributed by atoms with Gasteiger partial charge in [-0.15, -0.1) is 0 Å². The summed E-state index contributed by atoms with van der Waals surface area (Å²) in [5.41, 5.74) is 1.48. The van der Waals surface area contributed by atoms with Gasteiger partial charge in [0.1, 0.15) is 5.82 Å². The zero-order valence-electron chi connectivity index (χ0n) is 14.7. The maximum Gasteiger partial charge on any atom is 0.221 e. The van der Waals surface area contributed by atoms with Crippen molar-refractivity contribution in [2.24, 2.45) is 0 Å². The van der Waals surface area contributed by atoms with E-state index in [1.165, 1.54) is 17.9 Å². The van der Waals surface area contributed by atoms with Crippen LogP contribution in [0.4, 0.5) is 4.39 Å². The molecule has 2 rings (SSSR count). The van der Waals surface area contributed by atoms with Crippen LogP contribution in [-0.4, -0.2) is 29.8 Å². The van der Waals surface area contributed by atoms with E-state index in [1.54, 1.807) is 24.3 Å². The average Bonchev–Trinajstić information content (AvgIpc) is 2.60. The molecule has 0 aliphatic carbocycles. The van der Waals surface area contributed by atoms with E-state index in [-0.39, 0.29) is 37.1 Å². The molecule has 138 valence electrons. The molecule has 1 N–H and O–H groups in total. The summed E-state index contributed by atoms with van der Waals surface area (Å²) in [5, 5.41) is 3.49. The molecule has 0 spiro atoms. The molecule has 0 radical (unpaired) electrons. The molecule has 0 saturated heterocycles. The van der Waals surface area contributed by atoms with E-state index in [1.807, 2.05) is 18.2 Å². The molecule has 0 atom stereocenters. The van der Waals surface area contributed by atoms with Gasteiger partial charge >= 0.3 is 0 Å². The number of nitrogens with zero attached hydrogens (tertiary/aromatic N) is 1. The Balaban J connectivity index is 1.78. The monoisotopic (exact) mass is 376 g/mol. The second-order valence-corrected chi connectivity index (χ2v) is 6.45. The van der Waals surface area contributed by atoms with Crippen LogP contribution in [0, 0.1) is 5.82 Å². The summed E-state index contributed by atoms with van der Waals surface area (Å²) in [5.74, 6) is -0.698. The second-order valence-electron chi connectivity index (χ2n) is 6.01. The van der Waals surface area contributed by atoms with Crippen molar-refractivity contribution in [1.29, 1.82) is 0 Å². The topological polar surface area (TPSA) is 49.4 Å². The van der Waals surface area contributed by atoms with Crippen LogP contribution >= 0.6 is 11.6 Å². The summed E-state index contributed by atoms with van der Waals surface area (Å²) in [6.07, 6.45) is 0.849. The summed E-state index contributed by atoms with van der Waals surface area (Å²) < 4.78 is 13.7. The Hall–Kier alpha value is -2.40. The van der Waals surface area contributed by atoms with Crippen molar-refractivity contribution >= 4 is 23.4 Å². The minimum Gasteiger partial charge on any atom is -0.356 e. The number of amides is 2. The van der Waals surface area contributed by atoms with Crippen LogP contribution in [0.3, 0.4) is 0 Å². The number of carbonyl (C=O) groups excluding carboxylic acids is 2. The third-order valence-electron chi connectivity index (χ3n) is 4.00. The molecule has 0 saturated carbocycles. The normalized spacial score (nSPS) is 10.4. The van der Waals surface area contributed by atoms with E-state index >= 15 is 0 Å². The number of halogens is 2. The van der Waals surface area contributed by atoms with Gasteiger partial charge in [-0.05, 0) is 30.2 Å². The third-order valence-corrected chi connectivity index (χ3v) is 4.23. The number of rotatable bonds is 8. The Kier molecular flexibility index (Phi) is 7.60. The van der Waals surface area contributed by atoms with Crippen LogP contribution in [0.5, 0.6) is 0 Å². The molecule has 0 unspecified atom stereocenters. The predicted molar refractivity (Wildman–Crippen MR) is 100 cm³/mol. The number of hydrogen-bond acceptors (Lipinski definition) is 2. The lowest BCUT2D eigenvalue weighted by Gasteiger charge is -2.21. The molecular formula is C20H22ClFN2O2. The van der Waals surface area contributed by atoms with Gasteiger partial charge in [0.05, 0.1) is 0 Å². The molecule has 26 heavy (non-hydrogen) atoms. The van der Waals surface area contributed by atoms with Gasteiger partial charge < -0.3 is 10.2 Å². The summed E-state index contributed by atoms with van der Waals surface area (Å²) >= 11 is 5.93. The predicted octanol–water partition coefficient (Wildman–Crippen LogP) is 3.58. The maximum atomic E-state index is 13.7. The molecule has 2 aromatic carbocycles. The van der Waals surface area contributed by atoms with Gasteiger partial charge in [-0.2, -0.15) is 0 Å². The summed E-state index contributed by atoms with van der Waals surface area (Å²) in [6.45, 7) is 2.30. The number of carbonyl (C=O) groups is 2. The first-order valence-corrected chi connectivity index (χ1v) is 8.83. The standard InChI is InChI=1S/C20H22ClFN2O2/c1-15(25)24(14-17-6-2-3-8-19(17)22)12-10-20(26)23-11-9-16-5-4-7-18(21)13-16/h2-8,13H,9-12,14H2,1H3,(H,23,26). The molecule has 4 nitrogen and oxygen atoms in total. The number of benzene rings is 2. The van der Waals surface area contributed by atoms with E-state index in [0.717, 1.165) is 5.56 Å². The van der Waals surface area contributed by atoms with Crippen molar-refractivity contribution in [2.45, 2.75) is 26.3 Å². The van der Waals surface area contributed by atoms with Crippen LogP contribution in [0.15, 0.2) is 48.5 Å². The van der Waals surface area contributed by atoms with Crippen LogP contribution in [0.1, 0.15) is 24.5 Å². The highest BCUT2D eigenvalue weighted by Gasteiger charge is 2.13. The van der Waals surface area contributed by atoms with Gasteiger partial charge in [0.15, 0.2) is 0 Å². The lowest BCUT2D eigenvalue weighted by Crippen LogP contribution is -2.34. The molecular weight excluding hydrogens is 355 g/mol. The van der Waals surface area contributed by atoms with E-state index in [9.17, 15) is 14.0 Å². The van der Waals surface area contributed by atoms with Crippen molar-refractivity contribution in [1.82, 2.24) is 10.2 Å². The SMILES string of the molecule is CC(=O)N(CCC(=O)NCCc1cccc(Cl)c1)Cc1ccccc1F. The summed E-state index contributed by atoms with van der Waals surface area (Å²) in [6, 6.07) is 13.8. The first-order valence-electron chi connectivity index (χ1n) is 8.46. The highest BCUT2D eigenvalue weighted by atomic mass is 35.5. The number of hydrogen-bond donors (Lipinski definition) is 1. The fourth-order valence-corrected chi connectivity index (χ4v) is 2.76. The van der Waals surface area contributed by atoms with E-state index in [2.05, 4.69) is 5.32 Å². The first-order chi connectivity index (χ1) is 12.5. The van der Waals surface area contributed by atoms with E-state index < -0.39 is 0 Å². The molecule has 0 aromatic heterocycles. The number of nitrogens with one attached hydrogen (secondary N) is 1. The highest BCUT2D eigenvalue weighted by Crippen LogP contribution is 2.11. The third kappa shape index (κ3) is 6.48. The van der Waals surface area contributed by atoms with Crippen molar-refractivity contribution in [3.8, 4) is 0 Å². The largest absolute Gasteiger partial charge is 0.356 e. The van der Waals surface area contributed by atoms with Gasteiger partial charge in [0.2, 0.25) is 11.8 Å². The molecule has 0 bridgehead atoms. The van der Waals surface area contributed by atoms with E-state index in [4.69, 9.17) is 11.6 Å².